The fourth-order valence-electron chi connectivity index (χ4n) is 9.08. The van der Waals surface area contributed by atoms with Gasteiger partial charge >= 0.3 is 11.9 Å². The number of hydrogen-bond acceptors (Lipinski definition) is 6. The van der Waals surface area contributed by atoms with E-state index < -0.39 is 11.9 Å². The van der Waals surface area contributed by atoms with Crippen molar-refractivity contribution in [2.24, 2.45) is 23.7 Å². The van der Waals surface area contributed by atoms with E-state index in [-0.39, 0.29) is 52.9 Å². The molecule has 2 fully saturated rings. The molecule has 0 atom stereocenters. The first-order chi connectivity index (χ1) is 27.3. The number of carboxylic acids is 2. The number of nitrogens with zero attached hydrogens (tertiary/aromatic N) is 2. The van der Waals surface area contributed by atoms with Crippen LogP contribution in [0, 0.1) is 23.7 Å². The third-order valence-electron chi connectivity index (χ3n) is 11.8. The predicted octanol–water partition coefficient (Wildman–Crippen LogP) is 9.97. The van der Waals surface area contributed by atoms with Crippen molar-refractivity contribution in [3.63, 3.8) is 0 Å². The van der Waals surface area contributed by atoms with Gasteiger partial charge in [-0.2, -0.15) is 0 Å². The van der Waals surface area contributed by atoms with Gasteiger partial charge in [0, 0.05) is 26.1 Å². The van der Waals surface area contributed by atoms with Crippen LogP contribution < -0.4 is 0 Å². The second-order valence-corrected chi connectivity index (χ2v) is 15.8. The van der Waals surface area contributed by atoms with E-state index in [0.717, 1.165) is 58.3 Å². The van der Waals surface area contributed by atoms with Crippen molar-refractivity contribution < 1.29 is 30.0 Å². The molecule has 316 valence electrons. The van der Waals surface area contributed by atoms with Crippen LogP contribution in [0.15, 0.2) is 121 Å². The smallest absolute Gasteiger partial charge is 0.303 e. The topological polar surface area (TPSA) is 122 Å². The summed E-state index contributed by atoms with van der Waals surface area (Å²) in [4.78, 5) is 27.3. The van der Waals surface area contributed by atoms with Crippen LogP contribution in [-0.2, 0) is 9.59 Å². The molecule has 4 aromatic carbocycles. The third-order valence-corrected chi connectivity index (χ3v) is 11.8. The fraction of sp³-hybridized carbons (Fsp3) is 0.480. The molecule has 4 aromatic rings. The van der Waals surface area contributed by atoms with Gasteiger partial charge in [-0.3, -0.25) is 19.4 Å². The molecule has 8 heteroatoms. The lowest BCUT2D eigenvalue weighted by molar-refractivity contribution is -0.140. The van der Waals surface area contributed by atoms with Crippen molar-refractivity contribution in [2.75, 3.05) is 39.4 Å². The number of carbonyl (C=O) groups is 2. The summed E-state index contributed by atoms with van der Waals surface area (Å²) in [7, 11) is 0. The zero-order valence-electron chi connectivity index (χ0n) is 32.8. The van der Waals surface area contributed by atoms with Gasteiger partial charge in [-0.05, 0) is 123 Å². The molecule has 0 unspecified atom stereocenters. The Labute approximate surface area is 348 Å². The molecule has 6 rings (SSSR count). The van der Waals surface area contributed by atoms with Crippen molar-refractivity contribution in [1.82, 2.24) is 9.80 Å². The largest absolute Gasteiger partial charge is 0.481 e. The molecule has 0 aromatic heterocycles. The second kappa shape index (κ2) is 25.9. The Hall–Kier alpha value is -4.34. The Morgan fingerprint density at radius 2 is 0.759 bits per heavy atom. The molecule has 2 aliphatic rings. The minimum absolute atomic E-state index is 0. The summed E-state index contributed by atoms with van der Waals surface area (Å²) >= 11 is 0. The van der Waals surface area contributed by atoms with Crippen molar-refractivity contribution in [1.29, 1.82) is 0 Å². The first kappa shape index (κ1) is 48.0. The maximum atomic E-state index is 11.1. The normalized spacial score (nSPS) is 15.4. The molecule has 0 aliphatic carbocycles. The Balaban J connectivity index is 0.000000301. The van der Waals surface area contributed by atoms with Crippen LogP contribution in [-0.4, -0.2) is 81.6 Å². The molecule has 8 nitrogen and oxygen atoms in total. The second-order valence-electron chi connectivity index (χ2n) is 15.8. The van der Waals surface area contributed by atoms with E-state index in [1.54, 1.807) is 0 Å². The Morgan fingerprint density at radius 3 is 1.02 bits per heavy atom. The van der Waals surface area contributed by atoms with E-state index in [0.29, 0.717) is 30.2 Å². The summed E-state index contributed by atoms with van der Waals surface area (Å²) in [5, 5.41) is 36.7. The molecular formula is C50H70N2O6. The van der Waals surface area contributed by atoms with Crippen LogP contribution in [0.5, 0.6) is 0 Å². The number of rotatable bonds is 18. The summed E-state index contributed by atoms with van der Waals surface area (Å²) in [6, 6.07) is 43.2. The number of aliphatic hydroxyl groups is 2. The minimum Gasteiger partial charge on any atom is -0.481 e. The van der Waals surface area contributed by atoms with E-state index in [1.165, 1.54) is 35.1 Å². The van der Waals surface area contributed by atoms with Gasteiger partial charge in [0.05, 0.1) is 12.1 Å². The maximum absolute atomic E-state index is 11.1. The number of hydrogen-bond donors (Lipinski definition) is 4. The quantitative estimate of drug-likeness (QED) is 0.0786. The van der Waals surface area contributed by atoms with Crippen LogP contribution in [0.1, 0.15) is 113 Å². The third kappa shape index (κ3) is 15.1. The highest BCUT2D eigenvalue weighted by Gasteiger charge is 2.30. The number of likely N-dealkylation sites (tertiary alicyclic amines) is 2. The lowest BCUT2D eigenvalue weighted by Gasteiger charge is -2.39. The molecule has 0 bridgehead atoms. The maximum Gasteiger partial charge on any atom is 0.303 e. The van der Waals surface area contributed by atoms with Crippen molar-refractivity contribution in [2.45, 2.75) is 91.1 Å². The number of piperidine rings is 2. The summed E-state index contributed by atoms with van der Waals surface area (Å²) < 4.78 is 0. The van der Waals surface area contributed by atoms with E-state index >= 15 is 0 Å². The molecule has 4 N–H and O–H groups in total. The SMILES string of the molecule is C.C.O=C(O)CC(CC(=O)O)CC1CCN(C(c2ccccc2)c2ccccc2)CC1.OCCC(CCO)CC1CCN(C(c2ccccc2)c2ccccc2)CC1. The lowest BCUT2D eigenvalue weighted by Crippen LogP contribution is -2.38. The minimum atomic E-state index is -0.915. The van der Waals surface area contributed by atoms with E-state index in [1.807, 2.05) is 12.1 Å². The Kier molecular flexibility index (Phi) is 21.4. The van der Waals surface area contributed by atoms with Gasteiger partial charge in [0.2, 0.25) is 0 Å². The van der Waals surface area contributed by atoms with Gasteiger partial charge in [-0.15, -0.1) is 0 Å². The van der Waals surface area contributed by atoms with Crippen molar-refractivity contribution in [3.8, 4) is 0 Å². The van der Waals surface area contributed by atoms with Crippen molar-refractivity contribution >= 4 is 11.9 Å². The van der Waals surface area contributed by atoms with Crippen LogP contribution in [0.4, 0.5) is 0 Å². The lowest BCUT2D eigenvalue weighted by atomic mass is 9.83. The number of carboxylic acid groups (broad SMARTS) is 2. The van der Waals surface area contributed by atoms with Gasteiger partial charge < -0.3 is 20.4 Å². The van der Waals surface area contributed by atoms with E-state index in [4.69, 9.17) is 10.2 Å². The summed E-state index contributed by atoms with van der Waals surface area (Å²) in [6.07, 6.45) is 7.64. The first-order valence-corrected chi connectivity index (χ1v) is 20.7. The van der Waals surface area contributed by atoms with Crippen LogP contribution in [0.3, 0.4) is 0 Å². The fourth-order valence-corrected chi connectivity index (χ4v) is 9.08. The standard InChI is InChI=1S/C24H29NO4.C24H33NO2.2CH4/c26-22(27)16-19(17-23(28)29)15-18-11-13-25(14-12-18)24(20-7-3-1-4-8-20)21-9-5-2-6-10-21;26-17-13-21(14-18-27)19-20-11-15-25(16-12-20)24(22-7-3-1-4-8-22)23-9-5-2-6-10-23;;/h1-10,18-19,24H,11-17H2,(H,26,27)(H,28,29);1-10,20-21,24,26-27H,11-19H2;2*1H4. The molecule has 0 saturated carbocycles. The highest BCUT2D eigenvalue weighted by molar-refractivity contribution is 5.70. The number of benzene rings is 4. The van der Waals surface area contributed by atoms with E-state index in [9.17, 15) is 19.8 Å². The molecule has 2 saturated heterocycles. The first-order valence-electron chi connectivity index (χ1n) is 20.7. The Morgan fingerprint density at radius 1 is 0.483 bits per heavy atom. The molecular weight excluding hydrogens is 725 g/mol. The molecule has 2 aliphatic heterocycles. The number of aliphatic hydroxyl groups excluding tert-OH is 2. The summed E-state index contributed by atoms with van der Waals surface area (Å²) in [5.41, 5.74) is 5.26. The van der Waals surface area contributed by atoms with Gasteiger partial charge in [-0.25, -0.2) is 0 Å². The number of aliphatic carboxylic acids is 2. The van der Waals surface area contributed by atoms with Gasteiger partial charge in [0.25, 0.3) is 0 Å². The Bertz CT molecular complexity index is 1580. The predicted molar refractivity (Wildman–Crippen MR) is 236 cm³/mol. The van der Waals surface area contributed by atoms with Gasteiger partial charge in [-0.1, -0.05) is 136 Å². The van der Waals surface area contributed by atoms with Gasteiger partial charge in [0.1, 0.15) is 0 Å². The zero-order valence-corrected chi connectivity index (χ0v) is 32.8. The highest BCUT2D eigenvalue weighted by atomic mass is 16.4. The van der Waals surface area contributed by atoms with Crippen LogP contribution >= 0.6 is 0 Å². The molecule has 58 heavy (non-hydrogen) atoms. The van der Waals surface area contributed by atoms with Crippen molar-refractivity contribution in [3.05, 3.63) is 144 Å². The average Bonchev–Trinajstić information content (AvgIpc) is 3.21. The zero-order chi connectivity index (χ0) is 39.5. The molecule has 0 amide bonds. The summed E-state index contributed by atoms with van der Waals surface area (Å²) in [6.45, 7) is 4.51. The average molecular weight is 795 g/mol. The molecule has 2 heterocycles. The molecule has 0 spiro atoms. The van der Waals surface area contributed by atoms with Gasteiger partial charge in [0.15, 0.2) is 0 Å². The highest BCUT2D eigenvalue weighted by Crippen LogP contribution is 2.36. The summed E-state index contributed by atoms with van der Waals surface area (Å²) in [5.74, 6) is -0.585. The van der Waals surface area contributed by atoms with Crippen LogP contribution in [0.25, 0.3) is 0 Å². The monoisotopic (exact) mass is 795 g/mol. The molecule has 0 radical (unpaired) electrons. The van der Waals surface area contributed by atoms with Crippen LogP contribution in [0.2, 0.25) is 0 Å². The van der Waals surface area contributed by atoms with E-state index in [2.05, 4.69) is 119 Å².